The molecule has 0 aromatic heterocycles. The van der Waals surface area contributed by atoms with Crippen molar-refractivity contribution in [1.29, 1.82) is 0 Å². The molecule has 26 heavy (non-hydrogen) atoms. The van der Waals surface area contributed by atoms with Gasteiger partial charge in [0.1, 0.15) is 0 Å². The van der Waals surface area contributed by atoms with Crippen LogP contribution < -0.4 is 0 Å². The molecule has 1 aliphatic carbocycles. The third-order valence-electron chi connectivity index (χ3n) is 5.54. The second-order valence-electron chi connectivity index (χ2n) is 7.85. The SMILES string of the molecule is C=C[C@]1(CCC=C(C)C)CC1N(Cc1ccccc1)Cc1ccccc1. The van der Waals surface area contributed by atoms with Gasteiger partial charge in [-0.3, -0.25) is 4.90 Å². The van der Waals surface area contributed by atoms with Crippen LogP contribution in [0.4, 0.5) is 0 Å². The predicted octanol–water partition coefficient (Wildman–Crippen LogP) is 6.38. The first-order valence-electron chi connectivity index (χ1n) is 9.72. The van der Waals surface area contributed by atoms with Crippen LogP contribution >= 0.6 is 0 Å². The molecule has 0 radical (unpaired) electrons. The molecule has 1 heteroatoms. The van der Waals surface area contributed by atoms with Gasteiger partial charge in [-0.1, -0.05) is 78.4 Å². The fraction of sp³-hybridized carbons (Fsp3) is 0.360. The number of rotatable bonds is 9. The van der Waals surface area contributed by atoms with E-state index < -0.39 is 0 Å². The van der Waals surface area contributed by atoms with Crippen LogP contribution in [0, 0.1) is 5.41 Å². The quantitative estimate of drug-likeness (QED) is 0.477. The Morgan fingerprint density at radius 2 is 1.54 bits per heavy atom. The van der Waals surface area contributed by atoms with Gasteiger partial charge in [-0.15, -0.1) is 6.58 Å². The highest BCUT2D eigenvalue weighted by molar-refractivity contribution is 5.23. The summed E-state index contributed by atoms with van der Waals surface area (Å²) in [6, 6.07) is 22.3. The molecule has 1 saturated carbocycles. The van der Waals surface area contributed by atoms with E-state index in [-0.39, 0.29) is 5.41 Å². The van der Waals surface area contributed by atoms with Gasteiger partial charge in [-0.05, 0) is 44.2 Å². The Bertz CT molecular complexity index is 686. The molecule has 2 atom stereocenters. The average molecular weight is 346 g/mol. The molecule has 136 valence electrons. The molecule has 3 rings (SSSR count). The summed E-state index contributed by atoms with van der Waals surface area (Å²) < 4.78 is 0. The number of hydrogen-bond donors (Lipinski definition) is 0. The summed E-state index contributed by atoms with van der Waals surface area (Å²) in [7, 11) is 0. The van der Waals surface area contributed by atoms with Crippen molar-refractivity contribution in [3.05, 3.63) is 96.1 Å². The van der Waals surface area contributed by atoms with Gasteiger partial charge in [0, 0.05) is 24.5 Å². The first-order valence-corrected chi connectivity index (χ1v) is 9.72. The smallest absolute Gasteiger partial charge is 0.0240 e. The molecule has 1 unspecified atom stereocenters. The maximum atomic E-state index is 4.19. The molecule has 0 bridgehead atoms. The molecule has 0 heterocycles. The minimum atomic E-state index is 0.273. The van der Waals surface area contributed by atoms with E-state index in [1.165, 1.54) is 29.5 Å². The van der Waals surface area contributed by atoms with Gasteiger partial charge in [0.2, 0.25) is 0 Å². The fourth-order valence-corrected chi connectivity index (χ4v) is 3.93. The van der Waals surface area contributed by atoms with E-state index in [1.807, 2.05) is 0 Å². The van der Waals surface area contributed by atoms with E-state index in [1.54, 1.807) is 0 Å². The van der Waals surface area contributed by atoms with E-state index in [2.05, 4.69) is 98.1 Å². The van der Waals surface area contributed by atoms with Crippen LogP contribution in [0.25, 0.3) is 0 Å². The van der Waals surface area contributed by atoms with E-state index in [4.69, 9.17) is 0 Å². The number of nitrogens with zero attached hydrogens (tertiary/aromatic N) is 1. The maximum absolute atomic E-state index is 4.19. The summed E-state index contributed by atoms with van der Waals surface area (Å²) in [4.78, 5) is 2.65. The fourth-order valence-electron chi connectivity index (χ4n) is 3.93. The highest BCUT2D eigenvalue weighted by Crippen LogP contribution is 2.54. The minimum Gasteiger partial charge on any atom is -0.291 e. The summed E-state index contributed by atoms with van der Waals surface area (Å²) in [6.45, 7) is 10.6. The van der Waals surface area contributed by atoms with Crippen LogP contribution in [0.2, 0.25) is 0 Å². The first kappa shape index (κ1) is 18.7. The molecule has 1 nitrogen and oxygen atoms in total. The van der Waals surface area contributed by atoms with Crippen molar-refractivity contribution in [3.8, 4) is 0 Å². The Morgan fingerprint density at radius 3 is 2.00 bits per heavy atom. The standard InChI is InChI=1S/C25H31N/c1-4-25(17-11-12-21(2)3)18-24(25)26(19-22-13-7-5-8-14-22)20-23-15-9-6-10-16-23/h4-10,12-16,24H,1,11,17-20H2,2-3H3/t24?,25-/m0/s1. The minimum absolute atomic E-state index is 0.273. The topological polar surface area (TPSA) is 3.24 Å². The lowest BCUT2D eigenvalue weighted by Crippen LogP contribution is -2.29. The van der Waals surface area contributed by atoms with Crippen molar-refractivity contribution in [3.63, 3.8) is 0 Å². The van der Waals surface area contributed by atoms with E-state index in [0.29, 0.717) is 6.04 Å². The van der Waals surface area contributed by atoms with E-state index in [9.17, 15) is 0 Å². The highest BCUT2D eigenvalue weighted by Gasteiger charge is 2.53. The number of hydrogen-bond acceptors (Lipinski definition) is 1. The van der Waals surface area contributed by atoms with Gasteiger partial charge >= 0.3 is 0 Å². The van der Waals surface area contributed by atoms with Gasteiger partial charge in [0.25, 0.3) is 0 Å². The lowest BCUT2D eigenvalue weighted by molar-refractivity contribution is 0.218. The van der Waals surface area contributed by atoms with Crippen molar-refractivity contribution < 1.29 is 0 Å². The Kier molecular flexibility index (Phi) is 6.11. The predicted molar refractivity (Wildman–Crippen MR) is 112 cm³/mol. The Labute approximate surface area is 159 Å². The average Bonchev–Trinajstić information content (AvgIpc) is 3.37. The molecule has 2 aromatic carbocycles. The zero-order valence-electron chi connectivity index (χ0n) is 16.2. The molecule has 0 saturated heterocycles. The molecule has 1 aliphatic rings. The third kappa shape index (κ3) is 4.74. The van der Waals surface area contributed by atoms with Gasteiger partial charge in [-0.2, -0.15) is 0 Å². The number of allylic oxidation sites excluding steroid dienone is 2. The third-order valence-corrected chi connectivity index (χ3v) is 5.54. The zero-order chi connectivity index (χ0) is 18.4. The summed E-state index contributed by atoms with van der Waals surface area (Å²) in [6.07, 6.45) is 8.16. The molecule has 0 spiro atoms. The molecular weight excluding hydrogens is 314 g/mol. The zero-order valence-corrected chi connectivity index (χ0v) is 16.2. The first-order chi connectivity index (χ1) is 12.6. The second-order valence-corrected chi connectivity index (χ2v) is 7.85. The summed E-state index contributed by atoms with van der Waals surface area (Å²) in [5, 5.41) is 0. The molecule has 0 amide bonds. The van der Waals surface area contributed by atoms with E-state index in [0.717, 1.165) is 19.5 Å². The molecule has 0 aliphatic heterocycles. The van der Waals surface area contributed by atoms with E-state index >= 15 is 0 Å². The van der Waals surface area contributed by atoms with Gasteiger partial charge in [0.05, 0.1) is 0 Å². The van der Waals surface area contributed by atoms with Gasteiger partial charge < -0.3 is 0 Å². The van der Waals surface area contributed by atoms with Crippen LogP contribution in [-0.4, -0.2) is 10.9 Å². The molecule has 0 N–H and O–H groups in total. The van der Waals surface area contributed by atoms with Crippen LogP contribution in [0.1, 0.15) is 44.2 Å². The van der Waals surface area contributed by atoms with Crippen LogP contribution in [-0.2, 0) is 13.1 Å². The van der Waals surface area contributed by atoms with Crippen LogP contribution in [0.3, 0.4) is 0 Å². The van der Waals surface area contributed by atoms with Crippen molar-refractivity contribution in [2.24, 2.45) is 5.41 Å². The van der Waals surface area contributed by atoms with Crippen molar-refractivity contribution in [2.45, 2.75) is 52.2 Å². The molecular formula is C25H31N. The van der Waals surface area contributed by atoms with Crippen molar-refractivity contribution in [2.75, 3.05) is 0 Å². The Balaban J connectivity index is 1.75. The monoisotopic (exact) mass is 345 g/mol. The molecule has 1 fully saturated rings. The highest BCUT2D eigenvalue weighted by atomic mass is 15.2. The number of benzene rings is 2. The van der Waals surface area contributed by atoms with Crippen LogP contribution in [0.15, 0.2) is 85.0 Å². The maximum Gasteiger partial charge on any atom is 0.0240 e. The van der Waals surface area contributed by atoms with Gasteiger partial charge in [-0.25, -0.2) is 0 Å². The molecule has 2 aromatic rings. The van der Waals surface area contributed by atoms with Crippen molar-refractivity contribution >= 4 is 0 Å². The summed E-state index contributed by atoms with van der Waals surface area (Å²) in [5.41, 5.74) is 4.46. The second kappa shape index (κ2) is 8.51. The lowest BCUT2D eigenvalue weighted by Gasteiger charge is -2.26. The summed E-state index contributed by atoms with van der Waals surface area (Å²) in [5.74, 6) is 0. The Hall–Kier alpha value is -2.12. The largest absolute Gasteiger partial charge is 0.291 e. The normalized spacial score (nSPS) is 21.4. The van der Waals surface area contributed by atoms with Crippen LogP contribution in [0.5, 0.6) is 0 Å². The van der Waals surface area contributed by atoms with Crippen molar-refractivity contribution in [1.82, 2.24) is 4.90 Å². The lowest BCUT2D eigenvalue weighted by atomic mass is 9.98. The van der Waals surface area contributed by atoms with Gasteiger partial charge in [0.15, 0.2) is 0 Å². The Morgan fingerprint density at radius 1 is 1.00 bits per heavy atom. The summed E-state index contributed by atoms with van der Waals surface area (Å²) >= 11 is 0.